The molecule has 0 aromatic heterocycles. The number of amides is 1. The largest absolute Gasteiger partial charge is 0.366 e. The number of benzene rings is 1. The molecule has 0 atom stereocenters. The summed E-state index contributed by atoms with van der Waals surface area (Å²) in [6.07, 6.45) is 1.86. The van der Waals surface area contributed by atoms with Crippen molar-refractivity contribution < 1.29 is 9.00 Å². The summed E-state index contributed by atoms with van der Waals surface area (Å²) >= 11 is 0. The highest BCUT2D eigenvalue weighted by Crippen LogP contribution is 2.11. The molecule has 1 saturated heterocycles. The van der Waals surface area contributed by atoms with Gasteiger partial charge in [-0.3, -0.25) is 9.00 Å². The van der Waals surface area contributed by atoms with Gasteiger partial charge in [0.15, 0.2) is 0 Å². The van der Waals surface area contributed by atoms with Crippen LogP contribution in [0.15, 0.2) is 24.3 Å². The highest BCUT2D eigenvalue weighted by atomic mass is 32.2. The molecule has 1 aliphatic rings. The summed E-state index contributed by atoms with van der Waals surface area (Å²) < 4.78 is 11.3. The van der Waals surface area contributed by atoms with Crippen LogP contribution in [0.4, 0.5) is 0 Å². The van der Waals surface area contributed by atoms with Crippen LogP contribution >= 0.6 is 0 Å². The fourth-order valence-corrected chi connectivity index (χ4v) is 3.50. The van der Waals surface area contributed by atoms with Gasteiger partial charge in [0.1, 0.15) is 0 Å². The maximum absolute atomic E-state index is 11.3. The monoisotopic (exact) mass is 280 g/mol. The van der Waals surface area contributed by atoms with Gasteiger partial charge in [0.25, 0.3) is 0 Å². The van der Waals surface area contributed by atoms with E-state index in [1.807, 2.05) is 18.2 Å². The molecule has 0 bridgehead atoms. The van der Waals surface area contributed by atoms with E-state index < -0.39 is 10.8 Å². The maximum atomic E-state index is 11.3. The molecule has 1 aromatic rings. The zero-order valence-electron chi connectivity index (χ0n) is 11.0. The zero-order chi connectivity index (χ0) is 13.7. The van der Waals surface area contributed by atoms with Gasteiger partial charge >= 0.3 is 0 Å². The molecule has 19 heavy (non-hydrogen) atoms. The summed E-state index contributed by atoms with van der Waals surface area (Å²) in [6, 6.07) is 7.52. The average molecular weight is 280 g/mol. The first-order valence-corrected chi connectivity index (χ1v) is 8.10. The van der Waals surface area contributed by atoms with Crippen LogP contribution in [0, 0.1) is 0 Å². The van der Waals surface area contributed by atoms with Crippen LogP contribution in [0.5, 0.6) is 0 Å². The van der Waals surface area contributed by atoms with Crippen LogP contribution in [0.25, 0.3) is 0 Å². The van der Waals surface area contributed by atoms with Crippen molar-refractivity contribution in [2.24, 2.45) is 5.73 Å². The minimum atomic E-state index is -0.615. The summed E-state index contributed by atoms with van der Waals surface area (Å²) in [5.74, 6) is 1.22. The Morgan fingerprint density at radius 3 is 2.63 bits per heavy atom. The lowest BCUT2D eigenvalue weighted by molar-refractivity contribution is 0.0999. The summed E-state index contributed by atoms with van der Waals surface area (Å²) in [7, 11) is -0.615. The van der Waals surface area contributed by atoms with Crippen molar-refractivity contribution >= 4 is 16.7 Å². The Hall–Kier alpha value is -1.20. The van der Waals surface area contributed by atoms with Crippen molar-refractivity contribution in [3.63, 3.8) is 0 Å². The first-order chi connectivity index (χ1) is 9.16. The van der Waals surface area contributed by atoms with Crippen LogP contribution in [0.2, 0.25) is 0 Å². The summed E-state index contributed by atoms with van der Waals surface area (Å²) in [4.78, 5) is 13.6. The zero-order valence-corrected chi connectivity index (χ0v) is 11.8. The van der Waals surface area contributed by atoms with E-state index in [1.165, 1.54) is 0 Å². The second-order valence-electron chi connectivity index (χ2n) is 4.81. The van der Waals surface area contributed by atoms with Crippen molar-refractivity contribution in [1.82, 2.24) is 4.90 Å². The first kappa shape index (κ1) is 14.2. The second-order valence-corrected chi connectivity index (χ2v) is 6.51. The number of aryl methyl sites for hydroxylation is 1. The van der Waals surface area contributed by atoms with E-state index in [-0.39, 0.29) is 5.91 Å². The van der Waals surface area contributed by atoms with Crippen LogP contribution in [0.1, 0.15) is 22.3 Å². The molecule has 1 aliphatic heterocycles. The SMILES string of the molecule is NC(=O)c1ccccc1CCCN1CCS(=O)CC1. The smallest absolute Gasteiger partial charge is 0.248 e. The Kier molecular flexibility index (Phi) is 5.10. The molecule has 2 N–H and O–H groups in total. The molecule has 1 fully saturated rings. The van der Waals surface area contributed by atoms with Crippen LogP contribution in [-0.4, -0.2) is 46.2 Å². The number of carbonyl (C=O) groups excluding carboxylic acids is 1. The van der Waals surface area contributed by atoms with E-state index in [0.29, 0.717) is 5.56 Å². The predicted molar refractivity (Wildman–Crippen MR) is 77.6 cm³/mol. The molecule has 5 heteroatoms. The van der Waals surface area contributed by atoms with Gasteiger partial charge in [-0.1, -0.05) is 18.2 Å². The molecule has 0 radical (unpaired) electrons. The summed E-state index contributed by atoms with van der Waals surface area (Å²) in [6.45, 7) is 2.83. The number of nitrogens with zero attached hydrogens (tertiary/aromatic N) is 1. The number of hydrogen-bond donors (Lipinski definition) is 1. The van der Waals surface area contributed by atoms with E-state index in [4.69, 9.17) is 5.73 Å². The Bertz CT molecular complexity index is 466. The lowest BCUT2D eigenvalue weighted by atomic mass is 10.0. The highest BCUT2D eigenvalue weighted by Gasteiger charge is 2.14. The van der Waals surface area contributed by atoms with Gasteiger partial charge < -0.3 is 10.6 Å². The molecule has 4 nitrogen and oxygen atoms in total. The van der Waals surface area contributed by atoms with Gasteiger partial charge in [-0.2, -0.15) is 0 Å². The van der Waals surface area contributed by atoms with Gasteiger partial charge in [0, 0.05) is 41.0 Å². The first-order valence-electron chi connectivity index (χ1n) is 6.62. The third kappa shape index (κ3) is 4.14. The number of primary amides is 1. The second kappa shape index (κ2) is 6.82. The normalized spacial score (nSPS) is 17.5. The topological polar surface area (TPSA) is 63.4 Å². The Labute approximate surface area is 116 Å². The number of rotatable bonds is 5. The lowest BCUT2D eigenvalue weighted by Gasteiger charge is -2.26. The molecule has 0 aliphatic carbocycles. The third-order valence-electron chi connectivity index (χ3n) is 3.47. The Morgan fingerprint density at radius 1 is 1.26 bits per heavy atom. The fraction of sp³-hybridized carbons (Fsp3) is 0.500. The van der Waals surface area contributed by atoms with Crippen molar-refractivity contribution in [2.75, 3.05) is 31.1 Å². The van der Waals surface area contributed by atoms with Crippen molar-refractivity contribution in [3.8, 4) is 0 Å². The average Bonchev–Trinajstić information content (AvgIpc) is 2.41. The molecular formula is C14H20N2O2S. The maximum Gasteiger partial charge on any atom is 0.248 e. The van der Waals surface area contributed by atoms with Crippen LogP contribution in [0.3, 0.4) is 0 Å². The van der Waals surface area contributed by atoms with Gasteiger partial charge in [-0.05, 0) is 31.0 Å². The Morgan fingerprint density at radius 2 is 1.95 bits per heavy atom. The summed E-state index contributed by atoms with van der Waals surface area (Å²) in [5, 5.41) is 0. The molecule has 1 amide bonds. The molecule has 104 valence electrons. The van der Waals surface area contributed by atoms with Gasteiger partial charge in [0.2, 0.25) is 5.91 Å². The predicted octanol–water partition coefficient (Wildman–Crippen LogP) is 0.782. The number of nitrogens with two attached hydrogens (primary N) is 1. The quantitative estimate of drug-likeness (QED) is 0.867. The van der Waals surface area contributed by atoms with Crippen molar-refractivity contribution in [1.29, 1.82) is 0 Å². The standard InChI is InChI=1S/C14H20N2O2S/c15-14(17)13-6-2-1-4-12(13)5-3-7-16-8-10-19(18)11-9-16/h1-2,4,6H,3,5,7-11H2,(H2,15,17). The fourth-order valence-electron chi connectivity index (χ4n) is 2.37. The van der Waals surface area contributed by atoms with Crippen LogP contribution < -0.4 is 5.73 Å². The van der Waals surface area contributed by atoms with Crippen molar-refractivity contribution in [3.05, 3.63) is 35.4 Å². The lowest BCUT2D eigenvalue weighted by Crippen LogP contribution is -2.38. The molecule has 0 unspecified atom stereocenters. The highest BCUT2D eigenvalue weighted by molar-refractivity contribution is 7.85. The van der Waals surface area contributed by atoms with Crippen LogP contribution in [-0.2, 0) is 17.2 Å². The minimum Gasteiger partial charge on any atom is -0.366 e. The molecular weight excluding hydrogens is 260 g/mol. The molecule has 0 saturated carbocycles. The molecule has 1 aromatic carbocycles. The van der Waals surface area contributed by atoms with E-state index >= 15 is 0 Å². The van der Waals surface area contributed by atoms with E-state index in [2.05, 4.69) is 4.90 Å². The molecule has 2 rings (SSSR count). The number of hydrogen-bond acceptors (Lipinski definition) is 3. The minimum absolute atomic E-state index is 0.357. The van der Waals surface area contributed by atoms with E-state index in [0.717, 1.165) is 49.5 Å². The van der Waals surface area contributed by atoms with Gasteiger partial charge in [0.05, 0.1) is 0 Å². The Balaban J connectivity index is 1.83. The van der Waals surface area contributed by atoms with Gasteiger partial charge in [-0.15, -0.1) is 0 Å². The van der Waals surface area contributed by atoms with Crippen molar-refractivity contribution in [2.45, 2.75) is 12.8 Å². The summed E-state index contributed by atoms with van der Waals surface area (Å²) in [5.41, 5.74) is 7.01. The van der Waals surface area contributed by atoms with E-state index in [9.17, 15) is 9.00 Å². The molecule has 0 spiro atoms. The third-order valence-corrected chi connectivity index (χ3v) is 4.75. The van der Waals surface area contributed by atoms with Gasteiger partial charge in [-0.25, -0.2) is 0 Å². The molecule has 1 heterocycles. The number of carbonyl (C=O) groups is 1. The van der Waals surface area contributed by atoms with E-state index in [1.54, 1.807) is 6.07 Å².